The van der Waals surface area contributed by atoms with E-state index in [0.717, 1.165) is 19.7 Å². The summed E-state index contributed by atoms with van der Waals surface area (Å²) >= 11 is 0. The van der Waals surface area contributed by atoms with E-state index in [0.29, 0.717) is 0 Å². The van der Waals surface area contributed by atoms with Gasteiger partial charge in [-0.25, -0.2) is 0 Å². The standard InChI is InChI=1S/C11H15NO.ClH/c1-11(9-12-7-8-13-11)10-5-3-2-4-6-10;/h2-6,12H,7-9H2,1H3;1H. The molecule has 1 aliphatic heterocycles. The van der Waals surface area contributed by atoms with Crippen molar-refractivity contribution >= 4 is 12.4 Å². The Balaban J connectivity index is 0.000000980. The molecule has 1 N–H and O–H groups in total. The Labute approximate surface area is 91.1 Å². The summed E-state index contributed by atoms with van der Waals surface area (Å²) in [5, 5.41) is 3.35. The molecule has 14 heavy (non-hydrogen) atoms. The fraction of sp³-hybridized carbons (Fsp3) is 0.455. The van der Waals surface area contributed by atoms with Crippen molar-refractivity contribution in [3.63, 3.8) is 0 Å². The van der Waals surface area contributed by atoms with Crippen molar-refractivity contribution in [2.24, 2.45) is 0 Å². The van der Waals surface area contributed by atoms with Gasteiger partial charge in [0.05, 0.1) is 6.61 Å². The third-order valence-corrected chi connectivity index (χ3v) is 2.55. The van der Waals surface area contributed by atoms with Crippen molar-refractivity contribution in [3.05, 3.63) is 35.9 Å². The van der Waals surface area contributed by atoms with E-state index >= 15 is 0 Å². The number of hydrogen-bond acceptors (Lipinski definition) is 2. The molecule has 1 unspecified atom stereocenters. The quantitative estimate of drug-likeness (QED) is 0.770. The van der Waals surface area contributed by atoms with Crippen molar-refractivity contribution in [1.82, 2.24) is 5.32 Å². The summed E-state index contributed by atoms with van der Waals surface area (Å²) in [6.07, 6.45) is 0. The molecule has 78 valence electrons. The fourth-order valence-electron chi connectivity index (χ4n) is 1.70. The van der Waals surface area contributed by atoms with Crippen LogP contribution >= 0.6 is 12.4 Å². The second-order valence-electron chi connectivity index (χ2n) is 3.62. The van der Waals surface area contributed by atoms with Crippen molar-refractivity contribution < 1.29 is 4.74 Å². The van der Waals surface area contributed by atoms with Crippen LogP contribution in [0.5, 0.6) is 0 Å². The van der Waals surface area contributed by atoms with Gasteiger partial charge in [0.15, 0.2) is 0 Å². The number of benzene rings is 1. The maximum absolute atomic E-state index is 5.79. The van der Waals surface area contributed by atoms with Gasteiger partial charge in [0.25, 0.3) is 0 Å². The van der Waals surface area contributed by atoms with E-state index in [4.69, 9.17) is 4.74 Å². The smallest absolute Gasteiger partial charge is 0.103 e. The fourth-order valence-corrected chi connectivity index (χ4v) is 1.70. The zero-order chi connectivity index (χ0) is 9.15. The number of rotatable bonds is 1. The summed E-state index contributed by atoms with van der Waals surface area (Å²) in [6.45, 7) is 4.79. The van der Waals surface area contributed by atoms with Crippen LogP contribution in [-0.2, 0) is 10.3 Å². The van der Waals surface area contributed by atoms with Crippen molar-refractivity contribution in [2.45, 2.75) is 12.5 Å². The monoisotopic (exact) mass is 213 g/mol. The first-order valence-electron chi connectivity index (χ1n) is 4.71. The van der Waals surface area contributed by atoms with Gasteiger partial charge in [0.1, 0.15) is 5.60 Å². The highest BCUT2D eigenvalue weighted by atomic mass is 35.5. The Kier molecular flexibility index (Phi) is 3.93. The van der Waals surface area contributed by atoms with Gasteiger partial charge in [-0.15, -0.1) is 12.4 Å². The minimum atomic E-state index is -0.139. The molecule has 1 aromatic rings. The molecule has 0 amide bonds. The molecule has 3 heteroatoms. The summed E-state index contributed by atoms with van der Waals surface area (Å²) in [5.41, 5.74) is 1.11. The summed E-state index contributed by atoms with van der Waals surface area (Å²) < 4.78 is 5.79. The molecule has 1 aromatic carbocycles. The number of ether oxygens (including phenoxy) is 1. The Morgan fingerprint density at radius 1 is 1.29 bits per heavy atom. The highest BCUT2D eigenvalue weighted by Gasteiger charge is 2.29. The molecular formula is C11H16ClNO. The number of halogens is 1. The molecule has 1 fully saturated rings. The first-order valence-corrected chi connectivity index (χ1v) is 4.71. The molecule has 0 radical (unpaired) electrons. The molecule has 1 saturated heterocycles. The second-order valence-corrected chi connectivity index (χ2v) is 3.62. The first-order chi connectivity index (χ1) is 6.31. The van der Waals surface area contributed by atoms with E-state index in [1.807, 2.05) is 6.07 Å². The highest BCUT2D eigenvalue weighted by Crippen LogP contribution is 2.25. The average molecular weight is 214 g/mol. The SMILES string of the molecule is CC1(c2ccccc2)CNCCO1.Cl. The normalized spacial score (nSPS) is 26.6. The Morgan fingerprint density at radius 3 is 2.57 bits per heavy atom. The molecule has 2 rings (SSSR count). The summed E-state index contributed by atoms with van der Waals surface area (Å²) in [4.78, 5) is 0. The lowest BCUT2D eigenvalue weighted by Gasteiger charge is -2.34. The molecule has 0 aromatic heterocycles. The van der Waals surface area contributed by atoms with Gasteiger partial charge in [0, 0.05) is 13.1 Å². The Morgan fingerprint density at radius 2 is 2.00 bits per heavy atom. The predicted molar refractivity (Wildman–Crippen MR) is 59.9 cm³/mol. The molecular weight excluding hydrogens is 198 g/mol. The van der Waals surface area contributed by atoms with E-state index in [-0.39, 0.29) is 18.0 Å². The Bertz CT molecular complexity index is 270. The zero-order valence-corrected chi connectivity index (χ0v) is 9.14. The topological polar surface area (TPSA) is 21.3 Å². The van der Waals surface area contributed by atoms with Gasteiger partial charge < -0.3 is 10.1 Å². The summed E-state index contributed by atoms with van der Waals surface area (Å²) in [7, 11) is 0. The van der Waals surface area contributed by atoms with Crippen LogP contribution in [0.15, 0.2) is 30.3 Å². The van der Waals surface area contributed by atoms with E-state index < -0.39 is 0 Å². The van der Waals surface area contributed by atoms with Crippen molar-refractivity contribution in [1.29, 1.82) is 0 Å². The van der Waals surface area contributed by atoms with Crippen molar-refractivity contribution in [3.8, 4) is 0 Å². The second kappa shape index (κ2) is 4.78. The highest BCUT2D eigenvalue weighted by molar-refractivity contribution is 5.85. The van der Waals surface area contributed by atoms with E-state index in [9.17, 15) is 0 Å². The van der Waals surface area contributed by atoms with Gasteiger partial charge in [-0.2, -0.15) is 0 Å². The third kappa shape index (κ3) is 2.27. The molecule has 1 heterocycles. The number of morpholine rings is 1. The van der Waals surface area contributed by atoms with Crippen LogP contribution in [0, 0.1) is 0 Å². The lowest BCUT2D eigenvalue weighted by molar-refractivity contribution is -0.0572. The van der Waals surface area contributed by atoms with E-state index in [2.05, 4.69) is 36.5 Å². The van der Waals surface area contributed by atoms with Crippen LogP contribution < -0.4 is 5.32 Å². The minimum Gasteiger partial charge on any atom is -0.368 e. The van der Waals surface area contributed by atoms with Gasteiger partial charge in [0.2, 0.25) is 0 Å². The van der Waals surface area contributed by atoms with Gasteiger partial charge in [-0.3, -0.25) is 0 Å². The predicted octanol–water partition coefficient (Wildman–Crippen LogP) is 1.94. The summed E-state index contributed by atoms with van der Waals surface area (Å²) in [6, 6.07) is 10.4. The maximum atomic E-state index is 5.79. The van der Waals surface area contributed by atoms with E-state index in [1.165, 1.54) is 5.56 Å². The van der Waals surface area contributed by atoms with Crippen LogP contribution in [0.1, 0.15) is 12.5 Å². The molecule has 0 spiro atoms. The van der Waals surface area contributed by atoms with Crippen LogP contribution in [0.4, 0.5) is 0 Å². The maximum Gasteiger partial charge on any atom is 0.103 e. The molecule has 1 aliphatic rings. The van der Waals surface area contributed by atoms with Gasteiger partial charge in [-0.1, -0.05) is 30.3 Å². The van der Waals surface area contributed by atoms with Crippen LogP contribution in [-0.4, -0.2) is 19.7 Å². The number of hydrogen-bond donors (Lipinski definition) is 1. The lowest BCUT2D eigenvalue weighted by Crippen LogP contribution is -2.45. The van der Waals surface area contributed by atoms with Gasteiger partial charge >= 0.3 is 0 Å². The zero-order valence-electron chi connectivity index (χ0n) is 8.32. The lowest BCUT2D eigenvalue weighted by atomic mass is 9.95. The molecule has 1 atom stereocenters. The van der Waals surface area contributed by atoms with Gasteiger partial charge in [-0.05, 0) is 12.5 Å². The Hall–Kier alpha value is -0.570. The minimum absolute atomic E-state index is 0. The molecule has 0 aliphatic carbocycles. The first kappa shape index (κ1) is 11.5. The number of nitrogens with one attached hydrogen (secondary N) is 1. The van der Waals surface area contributed by atoms with Crippen molar-refractivity contribution in [2.75, 3.05) is 19.7 Å². The van der Waals surface area contributed by atoms with Crippen LogP contribution in [0.2, 0.25) is 0 Å². The van der Waals surface area contributed by atoms with Crippen LogP contribution in [0.25, 0.3) is 0 Å². The molecule has 2 nitrogen and oxygen atoms in total. The molecule has 0 saturated carbocycles. The summed E-state index contributed by atoms with van der Waals surface area (Å²) in [5.74, 6) is 0. The molecule has 0 bridgehead atoms. The third-order valence-electron chi connectivity index (χ3n) is 2.55. The largest absolute Gasteiger partial charge is 0.368 e. The van der Waals surface area contributed by atoms with Crippen LogP contribution in [0.3, 0.4) is 0 Å². The average Bonchev–Trinajstić information content (AvgIpc) is 2.20. The van der Waals surface area contributed by atoms with E-state index in [1.54, 1.807) is 0 Å².